The van der Waals surface area contributed by atoms with Crippen molar-refractivity contribution in [1.82, 2.24) is 15.1 Å². The lowest BCUT2D eigenvalue weighted by atomic mass is 10.1. The third-order valence-electron chi connectivity index (χ3n) is 5.45. The smallest absolute Gasteiger partial charge is 0.260 e. The zero-order chi connectivity index (χ0) is 23.2. The summed E-state index contributed by atoms with van der Waals surface area (Å²) < 4.78 is 29.4. The van der Waals surface area contributed by atoms with E-state index in [0.717, 1.165) is 11.4 Å². The minimum Gasteiger partial charge on any atom is -0.497 e. The van der Waals surface area contributed by atoms with Crippen LogP contribution in [0.1, 0.15) is 0 Å². The molecular formula is C24H25FN4O4. The Morgan fingerprint density at radius 1 is 0.939 bits per heavy atom. The maximum absolute atomic E-state index is 13.2. The predicted octanol–water partition coefficient (Wildman–Crippen LogP) is 3.03. The lowest BCUT2D eigenvalue weighted by Crippen LogP contribution is -2.50. The fourth-order valence-electron chi connectivity index (χ4n) is 3.63. The molecule has 172 valence electrons. The average molecular weight is 452 g/mol. The van der Waals surface area contributed by atoms with Crippen LogP contribution in [-0.2, 0) is 4.79 Å². The highest BCUT2D eigenvalue weighted by Gasteiger charge is 2.23. The molecule has 0 unspecified atom stereocenters. The van der Waals surface area contributed by atoms with Gasteiger partial charge in [-0.25, -0.2) is 4.39 Å². The third-order valence-corrected chi connectivity index (χ3v) is 5.45. The van der Waals surface area contributed by atoms with Crippen LogP contribution in [0.25, 0.3) is 11.3 Å². The van der Waals surface area contributed by atoms with E-state index in [1.165, 1.54) is 12.1 Å². The van der Waals surface area contributed by atoms with Gasteiger partial charge in [0.15, 0.2) is 12.4 Å². The Morgan fingerprint density at radius 2 is 1.76 bits per heavy atom. The number of halogens is 1. The fourth-order valence-corrected chi connectivity index (χ4v) is 3.63. The molecule has 0 spiro atoms. The van der Waals surface area contributed by atoms with Gasteiger partial charge in [0, 0.05) is 37.8 Å². The number of ether oxygens (including phenoxy) is 3. The first-order chi connectivity index (χ1) is 16.1. The Bertz CT molecular complexity index is 1100. The number of methoxy groups -OCH3 is 2. The summed E-state index contributed by atoms with van der Waals surface area (Å²) in [6.07, 6.45) is 0. The van der Waals surface area contributed by atoms with Gasteiger partial charge in [-0.3, -0.25) is 4.79 Å². The minimum atomic E-state index is -0.398. The van der Waals surface area contributed by atoms with Gasteiger partial charge in [0.05, 0.1) is 19.9 Å². The maximum atomic E-state index is 13.2. The molecule has 1 fully saturated rings. The first-order valence-corrected chi connectivity index (χ1v) is 10.5. The molecule has 2 heterocycles. The predicted molar refractivity (Wildman–Crippen MR) is 121 cm³/mol. The Balaban J connectivity index is 1.34. The molecule has 1 saturated heterocycles. The molecule has 0 saturated carbocycles. The summed E-state index contributed by atoms with van der Waals surface area (Å²) in [5, 5.41) is 8.75. The van der Waals surface area contributed by atoms with Gasteiger partial charge >= 0.3 is 0 Å². The summed E-state index contributed by atoms with van der Waals surface area (Å²) >= 11 is 0. The molecule has 1 aromatic heterocycles. The number of piperazine rings is 1. The van der Waals surface area contributed by atoms with Crippen LogP contribution in [0, 0.1) is 5.82 Å². The van der Waals surface area contributed by atoms with Gasteiger partial charge in [0.1, 0.15) is 23.1 Å². The van der Waals surface area contributed by atoms with Crippen molar-refractivity contribution >= 4 is 11.7 Å². The quantitative estimate of drug-likeness (QED) is 0.545. The first kappa shape index (κ1) is 22.3. The lowest BCUT2D eigenvalue weighted by Gasteiger charge is -2.35. The van der Waals surface area contributed by atoms with Crippen LogP contribution in [0.15, 0.2) is 54.6 Å². The molecular weight excluding hydrogens is 427 g/mol. The molecule has 4 rings (SSSR count). The van der Waals surface area contributed by atoms with Crippen LogP contribution in [0.5, 0.6) is 17.2 Å². The zero-order valence-corrected chi connectivity index (χ0v) is 18.5. The van der Waals surface area contributed by atoms with Gasteiger partial charge in [-0.2, -0.15) is 0 Å². The molecule has 1 aliphatic heterocycles. The molecule has 2 aromatic carbocycles. The molecule has 1 amide bonds. The largest absolute Gasteiger partial charge is 0.497 e. The Hall–Kier alpha value is -3.88. The van der Waals surface area contributed by atoms with Crippen LogP contribution in [0.4, 0.5) is 10.2 Å². The SMILES string of the molecule is COc1ccc(OC)c(-c2ccc(N3CCN(C(=O)COc4cccc(F)c4)CC3)nn2)c1. The normalized spacial score (nSPS) is 13.5. The number of hydrogen-bond donors (Lipinski definition) is 0. The van der Waals surface area contributed by atoms with Crippen LogP contribution < -0.4 is 19.1 Å². The van der Waals surface area contributed by atoms with Crippen molar-refractivity contribution in [1.29, 1.82) is 0 Å². The first-order valence-electron chi connectivity index (χ1n) is 10.5. The van der Waals surface area contributed by atoms with Crippen molar-refractivity contribution in [2.24, 2.45) is 0 Å². The molecule has 0 atom stereocenters. The zero-order valence-electron chi connectivity index (χ0n) is 18.5. The number of hydrogen-bond acceptors (Lipinski definition) is 7. The maximum Gasteiger partial charge on any atom is 0.260 e. The average Bonchev–Trinajstić information content (AvgIpc) is 2.87. The van der Waals surface area contributed by atoms with Crippen molar-refractivity contribution in [2.75, 3.05) is 51.9 Å². The fraction of sp³-hybridized carbons (Fsp3) is 0.292. The van der Waals surface area contributed by atoms with Gasteiger partial charge in [0.25, 0.3) is 5.91 Å². The van der Waals surface area contributed by atoms with E-state index in [4.69, 9.17) is 14.2 Å². The summed E-state index contributed by atoms with van der Waals surface area (Å²) in [5.41, 5.74) is 1.47. The van der Waals surface area contributed by atoms with Crippen molar-refractivity contribution in [3.05, 3.63) is 60.4 Å². The van der Waals surface area contributed by atoms with E-state index < -0.39 is 5.82 Å². The van der Waals surface area contributed by atoms with E-state index in [1.54, 1.807) is 31.3 Å². The van der Waals surface area contributed by atoms with Crippen molar-refractivity contribution in [2.45, 2.75) is 0 Å². The number of carbonyl (C=O) groups is 1. The summed E-state index contributed by atoms with van der Waals surface area (Å²) in [6, 6.07) is 15.1. The van der Waals surface area contributed by atoms with Crippen LogP contribution >= 0.6 is 0 Å². The summed E-state index contributed by atoms with van der Waals surface area (Å²) in [7, 11) is 3.22. The van der Waals surface area contributed by atoms with Crippen LogP contribution in [-0.4, -0.2) is 68.0 Å². The second-order valence-electron chi connectivity index (χ2n) is 7.46. The van der Waals surface area contributed by atoms with Crippen molar-refractivity contribution < 1.29 is 23.4 Å². The van der Waals surface area contributed by atoms with E-state index in [-0.39, 0.29) is 12.5 Å². The number of aromatic nitrogens is 2. The number of anilines is 1. The van der Waals surface area contributed by atoms with Crippen LogP contribution in [0.2, 0.25) is 0 Å². The topological polar surface area (TPSA) is 77.0 Å². The molecule has 8 nitrogen and oxygen atoms in total. The highest BCUT2D eigenvalue weighted by molar-refractivity contribution is 5.78. The Morgan fingerprint density at radius 3 is 2.42 bits per heavy atom. The molecule has 9 heteroatoms. The molecule has 0 N–H and O–H groups in total. The summed E-state index contributed by atoms with van der Waals surface area (Å²) in [6.45, 7) is 2.21. The number of amides is 1. The molecule has 0 bridgehead atoms. The van der Waals surface area contributed by atoms with Crippen LogP contribution in [0.3, 0.4) is 0 Å². The summed E-state index contributed by atoms with van der Waals surface area (Å²) in [5.74, 6) is 1.94. The molecule has 33 heavy (non-hydrogen) atoms. The van der Waals surface area contributed by atoms with Gasteiger partial charge in [-0.1, -0.05) is 6.07 Å². The lowest BCUT2D eigenvalue weighted by molar-refractivity contribution is -0.133. The molecule has 0 radical (unpaired) electrons. The van der Waals surface area contributed by atoms with Gasteiger partial charge in [-0.05, 0) is 42.5 Å². The van der Waals surface area contributed by atoms with Crippen molar-refractivity contribution in [3.8, 4) is 28.5 Å². The van der Waals surface area contributed by atoms with E-state index in [0.29, 0.717) is 49.1 Å². The summed E-state index contributed by atoms with van der Waals surface area (Å²) in [4.78, 5) is 16.3. The second kappa shape index (κ2) is 10.2. The van der Waals surface area contributed by atoms with Crippen molar-refractivity contribution in [3.63, 3.8) is 0 Å². The number of nitrogens with zero attached hydrogens (tertiary/aromatic N) is 4. The standard InChI is InChI=1S/C24H25FN4O4/c1-31-18-6-8-22(32-2)20(15-18)21-7-9-23(27-26-21)28-10-12-29(13-11-28)24(30)16-33-19-5-3-4-17(25)14-19/h3-9,14-15H,10-13,16H2,1-2H3. The number of rotatable bonds is 7. The molecule has 1 aliphatic rings. The van der Waals surface area contributed by atoms with E-state index >= 15 is 0 Å². The Kier molecular flexibility index (Phi) is 6.87. The monoisotopic (exact) mass is 452 g/mol. The van der Waals surface area contributed by atoms with E-state index in [9.17, 15) is 9.18 Å². The van der Waals surface area contributed by atoms with E-state index in [2.05, 4.69) is 15.1 Å². The minimum absolute atomic E-state index is 0.125. The van der Waals surface area contributed by atoms with Gasteiger partial charge in [-0.15, -0.1) is 10.2 Å². The third kappa shape index (κ3) is 5.31. The highest BCUT2D eigenvalue weighted by Crippen LogP contribution is 2.32. The van der Waals surface area contributed by atoms with Gasteiger partial charge < -0.3 is 24.0 Å². The highest BCUT2D eigenvalue weighted by atomic mass is 19.1. The number of benzene rings is 2. The van der Waals surface area contributed by atoms with E-state index in [1.807, 2.05) is 30.3 Å². The Labute approximate surface area is 191 Å². The molecule has 3 aromatic rings. The number of carbonyl (C=O) groups excluding carboxylic acids is 1. The molecule has 0 aliphatic carbocycles. The van der Waals surface area contributed by atoms with Gasteiger partial charge in [0.2, 0.25) is 0 Å². The second-order valence-corrected chi connectivity index (χ2v) is 7.46.